The first-order valence-corrected chi connectivity index (χ1v) is 9.33. The van der Waals surface area contributed by atoms with Crippen molar-refractivity contribution in [1.29, 1.82) is 0 Å². The van der Waals surface area contributed by atoms with Crippen LogP contribution in [0.1, 0.15) is 56.6 Å². The van der Waals surface area contributed by atoms with Crippen molar-refractivity contribution in [1.82, 2.24) is 20.2 Å². The van der Waals surface area contributed by atoms with Crippen molar-refractivity contribution in [2.75, 3.05) is 17.3 Å². The summed E-state index contributed by atoms with van der Waals surface area (Å²) in [6.45, 7) is 0. The predicted octanol–water partition coefficient (Wildman–Crippen LogP) is 2.92. The Morgan fingerprint density at radius 3 is 2.68 bits per heavy atom. The number of hydrogen-bond donors (Lipinski definition) is 3. The molecule has 4 rings (SSSR count). The summed E-state index contributed by atoms with van der Waals surface area (Å²) in [5, 5.41) is 10.8. The molecule has 0 amide bonds. The standard InChI is InChI=1S/C18H27N7/c1-25(14-7-5-13(19)6-8-14)18-20-10-9-16(22-18)21-17-11-15(23-24-17)12-3-2-4-12/h9-14H,2-8,19H2,1H3,(H2,20,21,22,23,24). The van der Waals surface area contributed by atoms with Crippen LogP contribution in [0.15, 0.2) is 18.3 Å². The number of aromatic nitrogens is 4. The molecule has 0 saturated heterocycles. The number of rotatable bonds is 5. The van der Waals surface area contributed by atoms with Gasteiger partial charge < -0.3 is 16.0 Å². The number of hydrogen-bond acceptors (Lipinski definition) is 6. The van der Waals surface area contributed by atoms with E-state index in [-0.39, 0.29) is 0 Å². The van der Waals surface area contributed by atoms with Crippen LogP contribution in [0.5, 0.6) is 0 Å². The molecule has 2 aromatic rings. The summed E-state index contributed by atoms with van der Waals surface area (Å²) in [6, 6.07) is 4.79. The molecule has 0 atom stereocenters. The van der Waals surface area contributed by atoms with Gasteiger partial charge in [0, 0.05) is 43.0 Å². The molecule has 2 aliphatic rings. The molecule has 0 aromatic carbocycles. The van der Waals surface area contributed by atoms with Crippen molar-refractivity contribution in [3.63, 3.8) is 0 Å². The van der Waals surface area contributed by atoms with Gasteiger partial charge >= 0.3 is 0 Å². The third-order valence-corrected chi connectivity index (χ3v) is 5.65. The van der Waals surface area contributed by atoms with E-state index in [2.05, 4.69) is 43.5 Å². The normalized spacial score (nSPS) is 23.9. The van der Waals surface area contributed by atoms with Gasteiger partial charge in [0.1, 0.15) is 5.82 Å². The summed E-state index contributed by atoms with van der Waals surface area (Å²) in [5.74, 6) is 2.99. The van der Waals surface area contributed by atoms with Crippen LogP contribution in [-0.4, -0.2) is 39.3 Å². The first-order chi connectivity index (χ1) is 12.2. The highest BCUT2D eigenvalue weighted by Crippen LogP contribution is 2.36. The Balaban J connectivity index is 1.42. The Morgan fingerprint density at radius 1 is 1.16 bits per heavy atom. The van der Waals surface area contributed by atoms with Crippen LogP contribution >= 0.6 is 0 Å². The van der Waals surface area contributed by atoms with Crippen molar-refractivity contribution in [2.24, 2.45) is 5.73 Å². The first-order valence-electron chi connectivity index (χ1n) is 9.33. The maximum Gasteiger partial charge on any atom is 0.227 e. The molecular weight excluding hydrogens is 314 g/mol. The monoisotopic (exact) mass is 341 g/mol. The molecule has 2 aromatic heterocycles. The minimum atomic E-state index is 0.350. The molecule has 0 bridgehead atoms. The lowest BCUT2D eigenvalue weighted by Crippen LogP contribution is -2.39. The molecular formula is C18H27N7. The van der Waals surface area contributed by atoms with E-state index in [0.29, 0.717) is 18.0 Å². The predicted molar refractivity (Wildman–Crippen MR) is 99.1 cm³/mol. The van der Waals surface area contributed by atoms with Gasteiger partial charge in [-0.15, -0.1) is 0 Å². The molecule has 7 nitrogen and oxygen atoms in total. The van der Waals surface area contributed by atoms with E-state index < -0.39 is 0 Å². The minimum Gasteiger partial charge on any atom is -0.341 e. The van der Waals surface area contributed by atoms with Crippen molar-refractivity contribution >= 4 is 17.6 Å². The third-order valence-electron chi connectivity index (χ3n) is 5.65. The molecule has 7 heteroatoms. The number of anilines is 3. The Labute approximate surface area is 148 Å². The highest BCUT2D eigenvalue weighted by Gasteiger charge is 2.24. The van der Waals surface area contributed by atoms with Crippen LogP contribution in [0.2, 0.25) is 0 Å². The summed E-state index contributed by atoms with van der Waals surface area (Å²) < 4.78 is 0. The van der Waals surface area contributed by atoms with Gasteiger partial charge in [-0.1, -0.05) is 6.42 Å². The maximum absolute atomic E-state index is 6.01. The van der Waals surface area contributed by atoms with E-state index in [1.165, 1.54) is 25.0 Å². The zero-order valence-electron chi connectivity index (χ0n) is 14.8. The molecule has 4 N–H and O–H groups in total. The van der Waals surface area contributed by atoms with Crippen molar-refractivity contribution in [3.05, 3.63) is 24.0 Å². The van der Waals surface area contributed by atoms with Crippen LogP contribution in [0.3, 0.4) is 0 Å². The molecule has 25 heavy (non-hydrogen) atoms. The van der Waals surface area contributed by atoms with Gasteiger partial charge in [-0.2, -0.15) is 10.1 Å². The Kier molecular flexibility index (Phi) is 4.57. The Bertz CT molecular complexity index is 701. The lowest BCUT2D eigenvalue weighted by atomic mass is 9.83. The van der Waals surface area contributed by atoms with Gasteiger partial charge in [-0.3, -0.25) is 5.10 Å². The van der Waals surface area contributed by atoms with Crippen molar-refractivity contribution < 1.29 is 0 Å². The first kappa shape index (κ1) is 16.3. The number of nitrogens with zero attached hydrogens (tertiary/aromatic N) is 4. The number of H-pyrrole nitrogens is 1. The lowest BCUT2D eigenvalue weighted by molar-refractivity contribution is 0.382. The van der Waals surface area contributed by atoms with E-state index in [0.717, 1.165) is 43.3 Å². The molecule has 0 aliphatic heterocycles. The van der Waals surface area contributed by atoms with Crippen molar-refractivity contribution in [2.45, 2.75) is 62.9 Å². The summed E-state index contributed by atoms with van der Waals surface area (Å²) in [6.07, 6.45) is 9.99. The maximum atomic E-state index is 6.01. The zero-order valence-corrected chi connectivity index (χ0v) is 14.8. The van der Waals surface area contributed by atoms with Crippen molar-refractivity contribution in [3.8, 4) is 0 Å². The van der Waals surface area contributed by atoms with Gasteiger partial charge in [0.25, 0.3) is 0 Å². The number of nitrogens with two attached hydrogens (primary N) is 1. The zero-order chi connectivity index (χ0) is 17.2. The average Bonchev–Trinajstić information content (AvgIpc) is 3.01. The summed E-state index contributed by atoms with van der Waals surface area (Å²) >= 11 is 0. The molecule has 134 valence electrons. The SMILES string of the molecule is CN(c1nccc(Nc2cc(C3CCC3)[nH]n2)n1)C1CCC(N)CC1. The van der Waals surface area contributed by atoms with Crippen LogP contribution in [0.25, 0.3) is 0 Å². The smallest absolute Gasteiger partial charge is 0.227 e. The summed E-state index contributed by atoms with van der Waals surface area (Å²) in [4.78, 5) is 11.3. The fraction of sp³-hybridized carbons (Fsp3) is 0.611. The third kappa shape index (κ3) is 3.61. The quantitative estimate of drug-likeness (QED) is 0.774. The second-order valence-electron chi connectivity index (χ2n) is 7.38. The largest absolute Gasteiger partial charge is 0.341 e. The molecule has 2 heterocycles. The van der Waals surface area contributed by atoms with Crippen LogP contribution in [0, 0.1) is 0 Å². The van der Waals surface area contributed by atoms with E-state index in [4.69, 9.17) is 5.73 Å². The van der Waals surface area contributed by atoms with E-state index in [1.807, 2.05) is 6.07 Å². The van der Waals surface area contributed by atoms with Gasteiger partial charge in [0.05, 0.1) is 0 Å². The molecule has 0 radical (unpaired) electrons. The van der Waals surface area contributed by atoms with Gasteiger partial charge in [-0.25, -0.2) is 4.98 Å². The topological polar surface area (TPSA) is 95.8 Å². The van der Waals surface area contributed by atoms with E-state index in [1.54, 1.807) is 6.20 Å². The van der Waals surface area contributed by atoms with Crippen LogP contribution in [-0.2, 0) is 0 Å². The van der Waals surface area contributed by atoms with E-state index in [9.17, 15) is 0 Å². The fourth-order valence-corrected chi connectivity index (χ4v) is 3.70. The fourth-order valence-electron chi connectivity index (χ4n) is 3.70. The summed E-state index contributed by atoms with van der Waals surface area (Å²) in [5.41, 5.74) is 7.23. The number of nitrogens with one attached hydrogen (secondary N) is 2. The second kappa shape index (κ2) is 7.00. The van der Waals surface area contributed by atoms with Crippen LogP contribution in [0.4, 0.5) is 17.6 Å². The lowest BCUT2D eigenvalue weighted by Gasteiger charge is -2.33. The summed E-state index contributed by atoms with van der Waals surface area (Å²) in [7, 11) is 2.07. The van der Waals surface area contributed by atoms with Crippen LogP contribution < -0.4 is 16.0 Å². The Morgan fingerprint density at radius 2 is 1.96 bits per heavy atom. The molecule has 2 fully saturated rings. The second-order valence-corrected chi connectivity index (χ2v) is 7.38. The average molecular weight is 341 g/mol. The minimum absolute atomic E-state index is 0.350. The highest BCUT2D eigenvalue weighted by molar-refractivity contribution is 5.53. The van der Waals surface area contributed by atoms with Gasteiger partial charge in [0.15, 0.2) is 5.82 Å². The van der Waals surface area contributed by atoms with Gasteiger partial charge in [-0.05, 0) is 44.6 Å². The molecule has 2 saturated carbocycles. The van der Waals surface area contributed by atoms with E-state index >= 15 is 0 Å². The van der Waals surface area contributed by atoms with Gasteiger partial charge in [0.2, 0.25) is 5.95 Å². The Hall–Kier alpha value is -2.15. The molecule has 0 spiro atoms. The number of aromatic amines is 1. The highest BCUT2D eigenvalue weighted by atomic mass is 15.3. The molecule has 0 unspecified atom stereocenters. The molecule has 2 aliphatic carbocycles.